The molecule has 1 heterocycles. The second-order valence-electron chi connectivity index (χ2n) is 3.89. The highest BCUT2D eigenvalue weighted by atomic mass is 15.2. The highest BCUT2D eigenvalue weighted by Gasteiger charge is 2.24. The van der Waals surface area contributed by atoms with Gasteiger partial charge in [0.05, 0.1) is 28.3 Å². The van der Waals surface area contributed by atoms with Crippen LogP contribution in [0.4, 0.5) is 22.7 Å². The number of rotatable bonds is 0. The maximum atomic E-state index is 9.34. The Morgan fingerprint density at radius 2 is 1.72 bits per heavy atom. The first-order chi connectivity index (χ1) is 8.85. The number of anilines is 4. The molecular weight excluding hydrogens is 224 g/mol. The number of nitrogens with zero attached hydrogens (tertiary/aromatic N) is 3. The SMILES string of the molecule is N#Cc1cccc2c1N(C#N)c1ccccc1N2. The predicted molar refractivity (Wildman–Crippen MR) is 68.6 cm³/mol. The van der Waals surface area contributed by atoms with Crippen molar-refractivity contribution in [3.05, 3.63) is 48.0 Å². The fraction of sp³-hybridized carbons (Fsp3) is 0. The van der Waals surface area contributed by atoms with Crippen LogP contribution in [0.1, 0.15) is 5.56 Å². The van der Waals surface area contributed by atoms with Gasteiger partial charge in [-0.3, -0.25) is 0 Å². The Morgan fingerprint density at radius 1 is 0.944 bits per heavy atom. The first kappa shape index (κ1) is 10.2. The van der Waals surface area contributed by atoms with E-state index in [-0.39, 0.29) is 0 Å². The number of hydrogen-bond acceptors (Lipinski definition) is 4. The highest BCUT2D eigenvalue weighted by molar-refractivity contribution is 5.95. The quantitative estimate of drug-likeness (QED) is 0.708. The molecule has 0 aromatic heterocycles. The Hall–Kier alpha value is -2.98. The molecule has 0 spiro atoms. The van der Waals surface area contributed by atoms with E-state index in [0.717, 1.165) is 17.1 Å². The van der Waals surface area contributed by atoms with Gasteiger partial charge in [0.1, 0.15) is 6.07 Å². The molecule has 0 saturated heterocycles. The minimum Gasteiger partial charge on any atom is -0.352 e. The van der Waals surface area contributed by atoms with Crippen molar-refractivity contribution in [3.63, 3.8) is 0 Å². The first-order valence-electron chi connectivity index (χ1n) is 5.44. The number of hydrogen-bond donors (Lipinski definition) is 1. The Morgan fingerprint density at radius 3 is 2.50 bits per heavy atom. The lowest BCUT2D eigenvalue weighted by Crippen LogP contribution is -2.18. The second-order valence-corrected chi connectivity index (χ2v) is 3.89. The summed E-state index contributed by atoms with van der Waals surface area (Å²) in [6, 6.07) is 15.0. The molecule has 0 fully saturated rings. The van der Waals surface area contributed by atoms with Crippen molar-refractivity contribution in [1.82, 2.24) is 0 Å². The van der Waals surface area contributed by atoms with Crippen LogP contribution in [-0.2, 0) is 0 Å². The normalized spacial score (nSPS) is 11.6. The molecule has 4 nitrogen and oxygen atoms in total. The van der Waals surface area contributed by atoms with Crippen LogP contribution in [0.5, 0.6) is 0 Å². The minimum atomic E-state index is 0.482. The summed E-state index contributed by atoms with van der Waals surface area (Å²) in [5.41, 5.74) is 3.49. The molecule has 0 amide bonds. The standard InChI is InChI=1S/C14H8N4/c15-8-10-4-3-6-12-14(10)18(9-16)13-7-2-1-5-11(13)17-12/h1-7,17H. The van der Waals surface area contributed by atoms with Crippen molar-refractivity contribution in [1.29, 1.82) is 10.5 Å². The Bertz CT molecular complexity index is 706. The molecule has 0 unspecified atom stereocenters. The molecule has 4 heteroatoms. The van der Waals surface area contributed by atoms with Gasteiger partial charge in [0, 0.05) is 0 Å². The molecule has 0 aliphatic carbocycles. The third-order valence-corrected chi connectivity index (χ3v) is 2.89. The fourth-order valence-electron chi connectivity index (χ4n) is 2.12. The van der Waals surface area contributed by atoms with Gasteiger partial charge in [-0.25, -0.2) is 4.90 Å². The average molecular weight is 232 g/mol. The van der Waals surface area contributed by atoms with Gasteiger partial charge >= 0.3 is 0 Å². The third kappa shape index (κ3) is 1.30. The van der Waals surface area contributed by atoms with Gasteiger partial charge in [-0.15, -0.1) is 0 Å². The van der Waals surface area contributed by atoms with Crippen molar-refractivity contribution in [3.8, 4) is 12.3 Å². The monoisotopic (exact) mass is 232 g/mol. The van der Waals surface area contributed by atoms with E-state index in [0.29, 0.717) is 11.3 Å². The molecule has 0 bridgehead atoms. The zero-order valence-corrected chi connectivity index (χ0v) is 9.38. The summed E-state index contributed by atoms with van der Waals surface area (Å²) < 4.78 is 0. The van der Waals surface area contributed by atoms with E-state index >= 15 is 0 Å². The minimum absolute atomic E-state index is 0.482. The van der Waals surface area contributed by atoms with Crippen molar-refractivity contribution in [2.75, 3.05) is 10.2 Å². The molecule has 18 heavy (non-hydrogen) atoms. The zero-order chi connectivity index (χ0) is 12.5. The zero-order valence-electron chi connectivity index (χ0n) is 9.38. The van der Waals surface area contributed by atoms with Crippen molar-refractivity contribution < 1.29 is 0 Å². The smallest absolute Gasteiger partial charge is 0.189 e. The van der Waals surface area contributed by atoms with Crippen molar-refractivity contribution in [2.24, 2.45) is 0 Å². The van der Waals surface area contributed by atoms with Gasteiger partial charge in [0.2, 0.25) is 0 Å². The average Bonchev–Trinajstić information content (AvgIpc) is 2.44. The van der Waals surface area contributed by atoms with Gasteiger partial charge in [-0.2, -0.15) is 10.5 Å². The summed E-state index contributed by atoms with van der Waals surface area (Å²) in [7, 11) is 0. The van der Waals surface area contributed by atoms with Gasteiger partial charge < -0.3 is 5.32 Å². The van der Waals surface area contributed by atoms with Crippen LogP contribution in [-0.4, -0.2) is 0 Å². The lowest BCUT2D eigenvalue weighted by molar-refractivity contribution is 1.23. The Balaban J connectivity index is 2.29. The molecule has 84 valence electrons. The summed E-state index contributed by atoms with van der Waals surface area (Å²) in [6.45, 7) is 0. The van der Waals surface area contributed by atoms with Crippen LogP contribution in [0.3, 0.4) is 0 Å². The van der Waals surface area contributed by atoms with E-state index in [1.165, 1.54) is 4.90 Å². The maximum absolute atomic E-state index is 9.34. The number of benzene rings is 2. The van der Waals surface area contributed by atoms with Crippen molar-refractivity contribution in [2.45, 2.75) is 0 Å². The largest absolute Gasteiger partial charge is 0.352 e. The molecule has 0 atom stereocenters. The molecular formula is C14H8N4. The second kappa shape index (κ2) is 3.80. The maximum Gasteiger partial charge on any atom is 0.189 e. The molecule has 1 aliphatic rings. The first-order valence-corrected chi connectivity index (χ1v) is 5.44. The highest BCUT2D eigenvalue weighted by Crippen LogP contribution is 2.44. The van der Waals surface area contributed by atoms with E-state index in [2.05, 4.69) is 17.6 Å². The molecule has 0 saturated carbocycles. The van der Waals surface area contributed by atoms with E-state index in [4.69, 9.17) is 5.26 Å². The fourth-order valence-corrected chi connectivity index (χ4v) is 2.12. The van der Waals surface area contributed by atoms with E-state index < -0.39 is 0 Å². The van der Waals surface area contributed by atoms with Gasteiger partial charge in [0.25, 0.3) is 0 Å². The molecule has 2 aromatic carbocycles. The van der Waals surface area contributed by atoms with E-state index in [9.17, 15) is 5.26 Å². The summed E-state index contributed by atoms with van der Waals surface area (Å²) in [6.07, 6.45) is 2.13. The van der Waals surface area contributed by atoms with E-state index in [1.807, 2.05) is 30.3 Å². The Labute approximate surface area is 104 Å². The van der Waals surface area contributed by atoms with E-state index in [1.54, 1.807) is 12.1 Å². The van der Waals surface area contributed by atoms with Crippen molar-refractivity contribution >= 4 is 22.7 Å². The summed E-state index contributed by atoms with van der Waals surface area (Å²) in [4.78, 5) is 1.49. The number of para-hydroxylation sites is 3. The topological polar surface area (TPSA) is 62.9 Å². The molecule has 1 N–H and O–H groups in total. The molecule has 3 rings (SSSR count). The number of nitrogens with one attached hydrogen (secondary N) is 1. The van der Waals surface area contributed by atoms with Gasteiger partial charge in [-0.05, 0) is 24.3 Å². The summed E-state index contributed by atoms with van der Waals surface area (Å²) in [5.74, 6) is 0. The van der Waals surface area contributed by atoms with Crippen LogP contribution in [0.2, 0.25) is 0 Å². The van der Waals surface area contributed by atoms with Crippen LogP contribution >= 0.6 is 0 Å². The predicted octanol–water partition coefficient (Wildman–Crippen LogP) is 3.23. The van der Waals surface area contributed by atoms with Crippen LogP contribution in [0.15, 0.2) is 42.5 Å². The number of nitriles is 2. The van der Waals surface area contributed by atoms with Crippen LogP contribution in [0, 0.1) is 22.8 Å². The van der Waals surface area contributed by atoms with Gasteiger partial charge in [0.15, 0.2) is 6.19 Å². The lowest BCUT2D eigenvalue weighted by atomic mass is 10.1. The summed E-state index contributed by atoms with van der Waals surface area (Å²) in [5, 5.41) is 21.7. The van der Waals surface area contributed by atoms with Crippen LogP contribution < -0.4 is 10.2 Å². The molecule has 2 aromatic rings. The Kier molecular flexibility index (Phi) is 2.15. The molecule has 1 aliphatic heterocycles. The molecule has 0 radical (unpaired) electrons. The van der Waals surface area contributed by atoms with Gasteiger partial charge in [-0.1, -0.05) is 18.2 Å². The third-order valence-electron chi connectivity index (χ3n) is 2.89. The summed E-state index contributed by atoms with van der Waals surface area (Å²) >= 11 is 0. The number of fused-ring (bicyclic) bond motifs is 2. The lowest BCUT2D eigenvalue weighted by Gasteiger charge is -2.28. The van der Waals surface area contributed by atoms with Crippen LogP contribution in [0.25, 0.3) is 0 Å².